The molecule has 1 fully saturated rings. The lowest BCUT2D eigenvalue weighted by Gasteiger charge is -2.17. The molecule has 0 aromatic heterocycles. The average molecular weight is 188 g/mol. The quantitative estimate of drug-likeness (QED) is 0.483. The molecule has 0 amide bonds. The highest BCUT2D eigenvalue weighted by atomic mass is 35.5. The van der Waals surface area contributed by atoms with E-state index in [0.29, 0.717) is 16.6 Å². The maximum atomic E-state index is 7.68. The van der Waals surface area contributed by atoms with Crippen molar-refractivity contribution >= 4 is 17.4 Å². The van der Waals surface area contributed by atoms with Crippen LogP contribution in [0, 0.1) is 5.41 Å². The van der Waals surface area contributed by atoms with Gasteiger partial charge in [0.15, 0.2) is 0 Å². The number of nitrogens with one attached hydrogen (secondary N) is 1. The van der Waals surface area contributed by atoms with Crippen molar-refractivity contribution in [3.8, 4) is 0 Å². The van der Waals surface area contributed by atoms with E-state index in [1.54, 1.807) is 6.92 Å². The van der Waals surface area contributed by atoms with Crippen LogP contribution in [0.3, 0.4) is 0 Å². The Bertz CT molecular complexity index is 212. The molecule has 1 aliphatic heterocycles. The predicted octanol–water partition coefficient (Wildman–Crippen LogP) is 1.49. The summed E-state index contributed by atoms with van der Waals surface area (Å²) in [4.78, 5) is 1.96. The van der Waals surface area contributed by atoms with Crippen molar-refractivity contribution < 1.29 is 0 Å². The number of hydrogen-bond acceptors (Lipinski definition) is 2. The van der Waals surface area contributed by atoms with Crippen molar-refractivity contribution in [1.82, 2.24) is 4.90 Å². The molecule has 0 aromatic rings. The van der Waals surface area contributed by atoms with Gasteiger partial charge in [-0.15, -0.1) is 0 Å². The number of likely N-dealkylation sites (tertiary alicyclic amines) is 1. The lowest BCUT2D eigenvalue weighted by atomic mass is 10.4. The monoisotopic (exact) mass is 187 g/mol. The van der Waals surface area contributed by atoms with Crippen LogP contribution in [-0.2, 0) is 0 Å². The molecule has 0 spiro atoms. The number of nitrogens with zero attached hydrogens (tertiary/aromatic N) is 1. The number of allylic oxidation sites excluding steroid dienone is 1. The summed E-state index contributed by atoms with van der Waals surface area (Å²) < 4.78 is 0. The minimum Gasteiger partial charge on any atom is -0.401 e. The summed E-state index contributed by atoms with van der Waals surface area (Å²) >= 11 is 5.83. The summed E-state index contributed by atoms with van der Waals surface area (Å²) in [6, 6.07) is 0. The number of halogens is 1. The third-order valence-electron chi connectivity index (χ3n) is 1.98. The second-order valence-electron chi connectivity index (χ2n) is 3.04. The average Bonchev–Trinajstić information content (AvgIpc) is 2.53. The molecule has 1 rings (SSSR count). The molecule has 1 saturated heterocycles. The topological polar surface area (TPSA) is 53.1 Å². The van der Waals surface area contributed by atoms with Crippen molar-refractivity contribution in [2.24, 2.45) is 5.73 Å². The number of nitrogens with two attached hydrogens (primary N) is 1. The van der Waals surface area contributed by atoms with Gasteiger partial charge in [0.25, 0.3) is 0 Å². The molecule has 0 bridgehead atoms. The van der Waals surface area contributed by atoms with Gasteiger partial charge in [0.2, 0.25) is 0 Å². The van der Waals surface area contributed by atoms with E-state index in [1.165, 1.54) is 0 Å². The van der Waals surface area contributed by atoms with Crippen LogP contribution in [0.5, 0.6) is 0 Å². The first-order chi connectivity index (χ1) is 5.63. The van der Waals surface area contributed by atoms with Crippen LogP contribution >= 0.6 is 11.6 Å². The maximum Gasteiger partial charge on any atom is 0.141 e. The molecule has 1 heterocycles. The normalized spacial score (nSPS) is 19.3. The van der Waals surface area contributed by atoms with Crippen molar-refractivity contribution in [3.05, 3.63) is 10.7 Å². The molecule has 0 unspecified atom stereocenters. The molecule has 3 nitrogen and oxygen atoms in total. The summed E-state index contributed by atoms with van der Waals surface area (Å²) in [5, 5.41) is 8.06. The Balaban J connectivity index is 2.64. The van der Waals surface area contributed by atoms with E-state index in [2.05, 4.69) is 0 Å². The highest BCUT2D eigenvalue weighted by Gasteiger charge is 2.17. The molecule has 0 aliphatic carbocycles. The van der Waals surface area contributed by atoms with E-state index >= 15 is 0 Å². The molecule has 0 radical (unpaired) electrons. The van der Waals surface area contributed by atoms with Crippen LogP contribution in [0.15, 0.2) is 10.7 Å². The van der Waals surface area contributed by atoms with E-state index in [1.807, 2.05) is 4.90 Å². The Morgan fingerprint density at radius 1 is 1.42 bits per heavy atom. The van der Waals surface area contributed by atoms with Gasteiger partial charge in [0, 0.05) is 18.8 Å². The minimum absolute atomic E-state index is 0.370. The molecule has 68 valence electrons. The Morgan fingerprint density at radius 2 is 1.92 bits per heavy atom. The first kappa shape index (κ1) is 9.39. The summed E-state index contributed by atoms with van der Waals surface area (Å²) in [6.07, 6.45) is 2.30. The van der Waals surface area contributed by atoms with E-state index in [0.717, 1.165) is 25.9 Å². The van der Waals surface area contributed by atoms with Crippen molar-refractivity contribution in [3.63, 3.8) is 0 Å². The zero-order chi connectivity index (χ0) is 9.14. The van der Waals surface area contributed by atoms with Crippen molar-refractivity contribution in [2.75, 3.05) is 13.1 Å². The molecular weight excluding hydrogens is 174 g/mol. The fourth-order valence-electron chi connectivity index (χ4n) is 1.27. The van der Waals surface area contributed by atoms with Gasteiger partial charge < -0.3 is 10.6 Å². The van der Waals surface area contributed by atoms with Crippen molar-refractivity contribution in [2.45, 2.75) is 19.8 Å². The molecule has 4 heteroatoms. The molecule has 3 N–H and O–H groups in total. The van der Waals surface area contributed by atoms with Gasteiger partial charge >= 0.3 is 0 Å². The van der Waals surface area contributed by atoms with Gasteiger partial charge in [-0.1, -0.05) is 11.6 Å². The van der Waals surface area contributed by atoms with Crippen LogP contribution in [0.1, 0.15) is 19.8 Å². The zero-order valence-electron chi connectivity index (χ0n) is 7.23. The fourth-order valence-corrected chi connectivity index (χ4v) is 1.39. The van der Waals surface area contributed by atoms with E-state index in [4.69, 9.17) is 22.7 Å². The van der Waals surface area contributed by atoms with Crippen LogP contribution < -0.4 is 5.73 Å². The first-order valence-corrected chi connectivity index (χ1v) is 4.46. The van der Waals surface area contributed by atoms with Gasteiger partial charge in [0.05, 0.1) is 0 Å². The van der Waals surface area contributed by atoms with Crippen LogP contribution in [0.2, 0.25) is 0 Å². The fraction of sp³-hybridized carbons (Fsp3) is 0.625. The second-order valence-corrected chi connectivity index (χ2v) is 3.42. The Hall–Kier alpha value is -0.700. The van der Waals surface area contributed by atoms with Gasteiger partial charge in [-0.25, -0.2) is 0 Å². The molecule has 0 atom stereocenters. The summed E-state index contributed by atoms with van der Waals surface area (Å²) in [7, 11) is 0. The highest BCUT2D eigenvalue weighted by molar-refractivity contribution is 6.42. The van der Waals surface area contributed by atoms with Crippen molar-refractivity contribution in [1.29, 1.82) is 5.41 Å². The number of amidine groups is 1. The van der Waals surface area contributed by atoms with Gasteiger partial charge in [-0.05, 0) is 19.8 Å². The molecule has 12 heavy (non-hydrogen) atoms. The maximum absolute atomic E-state index is 7.68. The third-order valence-corrected chi connectivity index (χ3v) is 2.45. The lowest BCUT2D eigenvalue weighted by molar-refractivity contribution is 0.517. The molecule has 1 aliphatic rings. The Labute approximate surface area is 77.7 Å². The van der Waals surface area contributed by atoms with Crippen LogP contribution in [0.25, 0.3) is 0 Å². The van der Waals surface area contributed by atoms with E-state index in [9.17, 15) is 0 Å². The lowest BCUT2D eigenvalue weighted by Crippen LogP contribution is -2.28. The summed E-state index contributed by atoms with van der Waals surface area (Å²) in [5.74, 6) is 0.370. The Kier molecular flexibility index (Phi) is 2.98. The smallest absolute Gasteiger partial charge is 0.141 e. The summed E-state index contributed by atoms with van der Waals surface area (Å²) in [5.41, 5.74) is 6.01. The second kappa shape index (κ2) is 3.81. The first-order valence-electron chi connectivity index (χ1n) is 4.08. The highest BCUT2D eigenvalue weighted by Crippen LogP contribution is 2.15. The SMILES string of the molecule is C/C(N)=C(\Cl)C(=N)N1CCCC1. The van der Waals surface area contributed by atoms with Gasteiger partial charge in [-0.3, -0.25) is 5.41 Å². The van der Waals surface area contributed by atoms with Gasteiger partial charge in [-0.2, -0.15) is 0 Å². The third kappa shape index (κ3) is 1.91. The predicted molar refractivity (Wildman–Crippen MR) is 51.3 cm³/mol. The standard InChI is InChI=1S/C8H14ClN3/c1-6(10)7(9)8(11)12-4-2-3-5-12/h11H,2-5,10H2,1H3/b7-6+,11-8?. The minimum atomic E-state index is 0.370. The van der Waals surface area contributed by atoms with Crippen LogP contribution in [-0.4, -0.2) is 23.8 Å². The molecular formula is C8H14ClN3. The number of hydrogen-bond donors (Lipinski definition) is 2. The van der Waals surface area contributed by atoms with Crippen LogP contribution in [0.4, 0.5) is 0 Å². The Morgan fingerprint density at radius 3 is 2.33 bits per heavy atom. The zero-order valence-corrected chi connectivity index (χ0v) is 7.99. The summed E-state index contributed by atoms with van der Waals surface area (Å²) in [6.45, 7) is 3.58. The largest absolute Gasteiger partial charge is 0.401 e. The van der Waals surface area contributed by atoms with Gasteiger partial charge in [0.1, 0.15) is 10.9 Å². The van der Waals surface area contributed by atoms with E-state index in [-0.39, 0.29) is 0 Å². The van der Waals surface area contributed by atoms with E-state index < -0.39 is 0 Å². The number of rotatable bonds is 1. The molecule has 0 aromatic carbocycles. The molecule has 0 saturated carbocycles.